The van der Waals surface area contributed by atoms with Crippen LogP contribution in [0.15, 0.2) is 48.5 Å². The third kappa shape index (κ3) is 5.72. The summed E-state index contributed by atoms with van der Waals surface area (Å²) in [4.78, 5) is 37.7. The highest BCUT2D eigenvalue weighted by Gasteiger charge is 2.30. The molecule has 0 fully saturated rings. The van der Waals surface area contributed by atoms with E-state index < -0.39 is 24.0 Å². The molecule has 1 aliphatic carbocycles. The number of amides is 2. The lowest BCUT2D eigenvalue weighted by molar-refractivity contribution is -0.139. The number of rotatable bonds is 10. The molecule has 0 spiro atoms. The maximum absolute atomic E-state index is 12.8. The lowest BCUT2D eigenvalue weighted by atomic mass is 9.98. The van der Waals surface area contributed by atoms with Crippen molar-refractivity contribution in [1.29, 1.82) is 0 Å². The summed E-state index contributed by atoms with van der Waals surface area (Å²) in [5.74, 6) is -1.48. The van der Waals surface area contributed by atoms with Gasteiger partial charge in [-0.25, -0.2) is 4.79 Å². The van der Waals surface area contributed by atoms with Gasteiger partial charge in [0, 0.05) is 31.5 Å². The summed E-state index contributed by atoms with van der Waals surface area (Å²) in [5, 5.41) is 11.6. The molecular weight excluding hydrogens is 420 g/mol. The number of carbonyl (C=O) groups excluding carboxylic acids is 2. The van der Waals surface area contributed by atoms with Gasteiger partial charge in [0.25, 0.3) is 0 Å². The second-order valence-electron chi connectivity index (χ2n) is 8.46. The summed E-state index contributed by atoms with van der Waals surface area (Å²) in [6.07, 6.45) is -0.139. The lowest BCUT2D eigenvalue weighted by Crippen LogP contribution is -2.46. The van der Waals surface area contributed by atoms with Crippen LogP contribution < -0.4 is 5.32 Å². The van der Waals surface area contributed by atoms with Gasteiger partial charge in [0.2, 0.25) is 5.91 Å². The van der Waals surface area contributed by atoms with Gasteiger partial charge >= 0.3 is 12.1 Å². The number of nitrogens with zero attached hydrogens (tertiary/aromatic N) is 1. The summed E-state index contributed by atoms with van der Waals surface area (Å²) >= 11 is 0. The van der Waals surface area contributed by atoms with Crippen molar-refractivity contribution in [2.24, 2.45) is 5.92 Å². The van der Waals surface area contributed by atoms with Gasteiger partial charge in [0.15, 0.2) is 0 Å². The van der Waals surface area contributed by atoms with Crippen LogP contribution >= 0.6 is 0 Å². The molecule has 0 aromatic heterocycles. The highest BCUT2D eigenvalue weighted by Crippen LogP contribution is 2.44. The average molecular weight is 453 g/mol. The van der Waals surface area contributed by atoms with Crippen molar-refractivity contribution in [3.05, 3.63) is 59.7 Å². The Bertz CT molecular complexity index is 960. The minimum absolute atomic E-state index is 0.0196. The second kappa shape index (κ2) is 11.0. The van der Waals surface area contributed by atoms with Gasteiger partial charge < -0.3 is 20.1 Å². The van der Waals surface area contributed by atoms with E-state index in [9.17, 15) is 14.4 Å². The number of carboxylic acid groups (broad SMARTS) is 1. The molecule has 7 heteroatoms. The average Bonchev–Trinajstić information content (AvgIpc) is 3.13. The van der Waals surface area contributed by atoms with Gasteiger partial charge in [-0.1, -0.05) is 55.5 Å². The van der Waals surface area contributed by atoms with Crippen molar-refractivity contribution in [3.63, 3.8) is 0 Å². The van der Waals surface area contributed by atoms with E-state index in [2.05, 4.69) is 29.6 Å². The molecule has 0 radical (unpaired) electrons. The molecule has 0 bridgehead atoms. The summed E-state index contributed by atoms with van der Waals surface area (Å²) in [6, 6.07) is 15.9. The van der Waals surface area contributed by atoms with E-state index in [-0.39, 0.29) is 24.9 Å². The number of aliphatic carboxylic acids is 1. The van der Waals surface area contributed by atoms with E-state index in [1.165, 1.54) is 0 Å². The predicted molar refractivity (Wildman–Crippen MR) is 126 cm³/mol. The molecular formula is C26H32N2O5. The van der Waals surface area contributed by atoms with Crippen molar-refractivity contribution in [2.75, 3.05) is 19.7 Å². The first-order valence-electron chi connectivity index (χ1n) is 11.5. The summed E-state index contributed by atoms with van der Waals surface area (Å²) in [7, 11) is 0. The Labute approximate surface area is 194 Å². The zero-order valence-electron chi connectivity index (χ0n) is 19.4. The number of fused-ring (bicyclic) bond motifs is 3. The van der Waals surface area contributed by atoms with Gasteiger partial charge in [-0.2, -0.15) is 0 Å². The normalized spacial score (nSPS) is 14.0. The SMILES string of the molecule is CCN(CCCC(=O)O)C(=O)C(C)C(C)NC(=O)OCC1c2ccccc2-c2ccccc21. The van der Waals surface area contributed by atoms with E-state index >= 15 is 0 Å². The van der Waals surface area contributed by atoms with Crippen LogP contribution in [0.1, 0.15) is 50.7 Å². The van der Waals surface area contributed by atoms with Crippen LogP contribution in [0.4, 0.5) is 4.79 Å². The number of ether oxygens (including phenoxy) is 1. The standard InChI is InChI=1S/C26H32N2O5/c1-4-28(15-9-14-24(29)30)25(31)17(2)18(3)27-26(32)33-16-23-21-12-7-5-10-19(21)20-11-6-8-13-22(20)23/h5-8,10-13,17-18,23H,4,9,14-16H2,1-3H3,(H,27,32)(H,29,30). The largest absolute Gasteiger partial charge is 0.481 e. The van der Waals surface area contributed by atoms with E-state index in [4.69, 9.17) is 9.84 Å². The fraction of sp³-hybridized carbons (Fsp3) is 0.423. The first kappa shape index (κ1) is 24.3. The summed E-state index contributed by atoms with van der Waals surface area (Å²) < 4.78 is 5.58. The number of nitrogens with one attached hydrogen (secondary N) is 1. The molecule has 3 rings (SSSR count). The third-order valence-electron chi connectivity index (χ3n) is 6.34. The summed E-state index contributed by atoms with van der Waals surface area (Å²) in [6.45, 7) is 6.47. The Morgan fingerprint density at radius 3 is 2.15 bits per heavy atom. The Balaban J connectivity index is 1.55. The van der Waals surface area contributed by atoms with Crippen molar-refractivity contribution in [1.82, 2.24) is 10.2 Å². The Morgan fingerprint density at radius 1 is 1.03 bits per heavy atom. The van der Waals surface area contributed by atoms with E-state index in [0.717, 1.165) is 22.3 Å². The second-order valence-corrected chi connectivity index (χ2v) is 8.46. The lowest BCUT2D eigenvalue weighted by Gasteiger charge is -2.28. The molecule has 0 saturated carbocycles. The zero-order chi connectivity index (χ0) is 24.0. The first-order valence-corrected chi connectivity index (χ1v) is 11.5. The van der Waals surface area contributed by atoms with Crippen molar-refractivity contribution >= 4 is 18.0 Å². The number of alkyl carbamates (subject to hydrolysis) is 1. The van der Waals surface area contributed by atoms with Crippen LogP contribution in [0.5, 0.6) is 0 Å². The predicted octanol–water partition coefficient (Wildman–Crippen LogP) is 4.26. The fourth-order valence-corrected chi connectivity index (χ4v) is 4.30. The smallest absolute Gasteiger partial charge is 0.407 e. The van der Waals surface area contributed by atoms with Crippen molar-refractivity contribution in [3.8, 4) is 11.1 Å². The molecule has 2 atom stereocenters. The quantitative estimate of drug-likeness (QED) is 0.561. The van der Waals surface area contributed by atoms with Gasteiger partial charge in [-0.05, 0) is 42.5 Å². The van der Waals surface area contributed by atoms with Crippen LogP contribution in [-0.2, 0) is 14.3 Å². The molecule has 2 aromatic rings. The summed E-state index contributed by atoms with van der Waals surface area (Å²) in [5.41, 5.74) is 4.61. The fourth-order valence-electron chi connectivity index (χ4n) is 4.30. The molecule has 176 valence electrons. The molecule has 0 saturated heterocycles. The van der Waals surface area contributed by atoms with Crippen LogP contribution in [0.25, 0.3) is 11.1 Å². The van der Waals surface area contributed by atoms with E-state index in [0.29, 0.717) is 19.5 Å². The molecule has 33 heavy (non-hydrogen) atoms. The molecule has 2 unspecified atom stereocenters. The van der Waals surface area contributed by atoms with Crippen LogP contribution in [0, 0.1) is 5.92 Å². The molecule has 1 aliphatic rings. The van der Waals surface area contributed by atoms with Crippen LogP contribution in [0.3, 0.4) is 0 Å². The Morgan fingerprint density at radius 2 is 1.61 bits per heavy atom. The zero-order valence-corrected chi connectivity index (χ0v) is 19.4. The monoisotopic (exact) mass is 452 g/mol. The molecule has 2 N–H and O–H groups in total. The minimum atomic E-state index is -0.878. The van der Waals surface area contributed by atoms with Gasteiger partial charge in [0.05, 0.1) is 5.92 Å². The van der Waals surface area contributed by atoms with E-state index in [1.54, 1.807) is 18.7 Å². The third-order valence-corrected chi connectivity index (χ3v) is 6.34. The van der Waals surface area contributed by atoms with Crippen LogP contribution in [-0.4, -0.2) is 53.7 Å². The molecule has 0 heterocycles. The molecule has 2 amide bonds. The number of hydrogen-bond acceptors (Lipinski definition) is 4. The minimum Gasteiger partial charge on any atom is -0.481 e. The number of benzene rings is 2. The molecule has 7 nitrogen and oxygen atoms in total. The van der Waals surface area contributed by atoms with Crippen LogP contribution in [0.2, 0.25) is 0 Å². The number of carboxylic acids is 1. The molecule has 2 aromatic carbocycles. The maximum atomic E-state index is 12.8. The van der Waals surface area contributed by atoms with Gasteiger partial charge in [-0.15, -0.1) is 0 Å². The molecule has 0 aliphatic heterocycles. The number of hydrogen-bond donors (Lipinski definition) is 2. The van der Waals surface area contributed by atoms with Gasteiger partial charge in [0.1, 0.15) is 6.61 Å². The van der Waals surface area contributed by atoms with Crippen molar-refractivity contribution in [2.45, 2.75) is 45.6 Å². The maximum Gasteiger partial charge on any atom is 0.407 e. The topological polar surface area (TPSA) is 95.9 Å². The van der Waals surface area contributed by atoms with Gasteiger partial charge in [-0.3, -0.25) is 9.59 Å². The first-order chi connectivity index (χ1) is 15.8. The highest BCUT2D eigenvalue weighted by molar-refractivity contribution is 5.81. The Kier molecular flexibility index (Phi) is 8.09. The number of carbonyl (C=O) groups is 3. The van der Waals surface area contributed by atoms with Crippen molar-refractivity contribution < 1.29 is 24.2 Å². The highest BCUT2D eigenvalue weighted by atomic mass is 16.5. The van der Waals surface area contributed by atoms with E-state index in [1.807, 2.05) is 31.2 Å². The Hall–Kier alpha value is -3.35.